The van der Waals surface area contributed by atoms with Crippen molar-refractivity contribution in [3.05, 3.63) is 22.2 Å². The monoisotopic (exact) mass is 356 g/mol. The van der Waals surface area contributed by atoms with E-state index in [1.54, 1.807) is 0 Å². The van der Waals surface area contributed by atoms with E-state index in [4.69, 9.17) is 9.47 Å². The summed E-state index contributed by atoms with van der Waals surface area (Å²) in [5.41, 5.74) is 5.68. The molecule has 2 aliphatic heterocycles. The van der Waals surface area contributed by atoms with Crippen LogP contribution in [0, 0.1) is 0 Å². The predicted octanol–water partition coefficient (Wildman–Crippen LogP) is -0.0200. The van der Waals surface area contributed by atoms with Gasteiger partial charge < -0.3 is 20.1 Å². The third-order valence-corrected chi connectivity index (χ3v) is 3.58. The van der Waals surface area contributed by atoms with Crippen molar-refractivity contribution in [2.75, 3.05) is 13.2 Å². The average Bonchev–Trinajstić information content (AvgIpc) is 2.91. The SMILES string of the molecule is O=C1NNC(C(=O)NCc2cc(Br)c3c(c2)OCCO3)N1. The molecule has 1 saturated heterocycles. The Morgan fingerprint density at radius 3 is 2.95 bits per heavy atom. The molecule has 21 heavy (non-hydrogen) atoms. The topological polar surface area (TPSA) is 101 Å². The molecule has 0 bridgehead atoms. The van der Waals surface area contributed by atoms with Crippen molar-refractivity contribution in [1.29, 1.82) is 0 Å². The Balaban J connectivity index is 1.64. The van der Waals surface area contributed by atoms with Crippen molar-refractivity contribution in [2.45, 2.75) is 12.7 Å². The Hall–Kier alpha value is -2.00. The highest BCUT2D eigenvalue weighted by atomic mass is 79.9. The molecule has 2 heterocycles. The van der Waals surface area contributed by atoms with Gasteiger partial charge >= 0.3 is 6.03 Å². The number of ether oxygens (including phenoxy) is 2. The first-order valence-electron chi connectivity index (χ1n) is 6.31. The molecular formula is C12H13BrN4O4. The van der Waals surface area contributed by atoms with Gasteiger partial charge in [-0.25, -0.2) is 10.2 Å². The number of hydrogen-bond donors (Lipinski definition) is 4. The minimum atomic E-state index is -0.779. The summed E-state index contributed by atoms with van der Waals surface area (Å²) in [6.07, 6.45) is -0.779. The third-order valence-electron chi connectivity index (χ3n) is 2.99. The average molecular weight is 357 g/mol. The van der Waals surface area contributed by atoms with Crippen molar-refractivity contribution in [2.24, 2.45) is 0 Å². The van der Waals surface area contributed by atoms with Crippen LogP contribution in [0.1, 0.15) is 5.56 Å². The molecule has 0 aromatic heterocycles. The van der Waals surface area contributed by atoms with Gasteiger partial charge in [0, 0.05) is 6.54 Å². The van der Waals surface area contributed by atoms with Gasteiger partial charge in [0.05, 0.1) is 4.47 Å². The highest BCUT2D eigenvalue weighted by molar-refractivity contribution is 9.10. The summed E-state index contributed by atoms with van der Waals surface area (Å²) in [6.45, 7) is 1.32. The third kappa shape index (κ3) is 3.03. The molecule has 8 nitrogen and oxygen atoms in total. The lowest BCUT2D eigenvalue weighted by Crippen LogP contribution is -2.47. The Morgan fingerprint density at radius 2 is 2.19 bits per heavy atom. The molecular weight excluding hydrogens is 344 g/mol. The first kappa shape index (κ1) is 14.0. The predicted molar refractivity (Wildman–Crippen MR) is 75.6 cm³/mol. The molecule has 3 rings (SSSR count). The molecule has 112 valence electrons. The van der Waals surface area contributed by atoms with E-state index in [2.05, 4.69) is 37.4 Å². The van der Waals surface area contributed by atoms with Gasteiger partial charge in [0.1, 0.15) is 13.2 Å². The molecule has 0 aliphatic carbocycles. The zero-order valence-electron chi connectivity index (χ0n) is 10.9. The van der Waals surface area contributed by atoms with E-state index in [1.165, 1.54) is 0 Å². The summed E-state index contributed by atoms with van der Waals surface area (Å²) in [5.74, 6) is 0.985. The number of hydrazine groups is 1. The van der Waals surface area contributed by atoms with E-state index in [9.17, 15) is 9.59 Å². The highest BCUT2D eigenvalue weighted by Crippen LogP contribution is 2.38. The van der Waals surface area contributed by atoms with Crippen LogP contribution >= 0.6 is 15.9 Å². The van der Waals surface area contributed by atoms with Gasteiger partial charge in [-0.05, 0) is 33.6 Å². The second kappa shape index (κ2) is 5.78. The molecule has 0 spiro atoms. The van der Waals surface area contributed by atoms with Crippen LogP contribution in [0.3, 0.4) is 0 Å². The quantitative estimate of drug-likeness (QED) is 0.609. The van der Waals surface area contributed by atoms with Crippen LogP contribution in [0.5, 0.6) is 11.5 Å². The minimum Gasteiger partial charge on any atom is -0.486 e. The smallest absolute Gasteiger partial charge is 0.330 e. The Morgan fingerprint density at radius 1 is 1.38 bits per heavy atom. The molecule has 1 unspecified atom stereocenters. The largest absolute Gasteiger partial charge is 0.486 e. The molecule has 2 aliphatic rings. The van der Waals surface area contributed by atoms with Crippen molar-refractivity contribution >= 4 is 27.9 Å². The van der Waals surface area contributed by atoms with E-state index in [-0.39, 0.29) is 5.91 Å². The first-order chi connectivity index (χ1) is 10.1. The normalized spacial score (nSPS) is 19.7. The zero-order valence-corrected chi connectivity index (χ0v) is 12.5. The summed E-state index contributed by atoms with van der Waals surface area (Å²) in [7, 11) is 0. The fourth-order valence-electron chi connectivity index (χ4n) is 2.03. The standard InChI is InChI=1S/C12H13BrN4O4/c13-7-3-6(4-8-9(7)21-2-1-20-8)5-14-11(18)10-15-12(19)17-16-10/h3-4,10,16H,1-2,5H2,(H,14,18)(H2,15,17,19). The maximum absolute atomic E-state index is 11.8. The number of benzene rings is 1. The summed E-state index contributed by atoms with van der Waals surface area (Å²) in [5, 5.41) is 5.15. The summed E-state index contributed by atoms with van der Waals surface area (Å²) < 4.78 is 11.8. The molecule has 0 saturated carbocycles. The molecule has 1 atom stereocenters. The first-order valence-corrected chi connectivity index (χ1v) is 7.10. The summed E-state index contributed by atoms with van der Waals surface area (Å²) >= 11 is 3.42. The molecule has 1 fully saturated rings. The number of rotatable bonds is 3. The number of carbonyl (C=O) groups excluding carboxylic acids is 2. The zero-order chi connectivity index (χ0) is 14.8. The molecule has 9 heteroatoms. The van der Waals surface area contributed by atoms with Crippen LogP contribution in [0.4, 0.5) is 4.79 Å². The maximum Gasteiger partial charge on any atom is 0.330 e. The van der Waals surface area contributed by atoms with Crippen LogP contribution in [0.25, 0.3) is 0 Å². The fraction of sp³-hybridized carbons (Fsp3) is 0.333. The van der Waals surface area contributed by atoms with Gasteiger partial charge in [0.2, 0.25) is 0 Å². The van der Waals surface area contributed by atoms with Gasteiger partial charge in [0.15, 0.2) is 17.7 Å². The lowest BCUT2D eigenvalue weighted by atomic mass is 10.2. The highest BCUT2D eigenvalue weighted by Gasteiger charge is 2.26. The summed E-state index contributed by atoms with van der Waals surface area (Å²) in [4.78, 5) is 22.8. The van der Waals surface area contributed by atoms with E-state index in [0.29, 0.717) is 31.3 Å². The molecule has 4 N–H and O–H groups in total. The van der Waals surface area contributed by atoms with Gasteiger partial charge in [-0.1, -0.05) is 0 Å². The Bertz CT molecular complexity index is 595. The van der Waals surface area contributed by atoms with Crippen LogP contribution in [-0.4, -0.2) is 31.3 Å². The van der Waals surface area contributed by atoms with E-state index in [1.807, 2.05) is 12.1 Å². The van der Waals surface area contributed by atoms with Crippen LogP contribution in [0.2, 0.25) is 0 Å². The number of fused-ring (bicyclic) bond motifs is 1. The fourth-order valence-corrected chi connectivity index (χ4v) is 2.63. The lowest BCUT2D eigenvalue weighted by molar-refractivity contribution is -0.123. The number of hydrogen-bond acceptors (Lipinski definition) is 5. The summed E-state index contributed by atoms with van der Waals surface area (Å²) in [6, 6.07) is 3.24. The van der Waals surface area contributed by atoms with Crippen molar-refractivity contribution < 1.29 is 19.1 Å². The number of nitrogens with one attached hydrogen (secondary N) is 4. The van der Waals surface area contributed by atoms with Gasteiger partial charge in [-0.3, -0.25) is 10.2 Å². The van der Waals surface area contributed by atoms with Gasteiger partial charge in [-0.15, -0.1) is 0 Å². The molecule has 1 aromatic rings. The molecule has 3 amide bonds. The van der Waals surface area contributed by atoms with Crippen molar-refractivity contribution in [3.8, 4) is 11.5 Å². The van der Waals surface area contributed by atoms with E-state index in [0.717, 1.165) is 10.0 Å². The van der Waals surface area contributed by atoms with Gasteiger partial charge in [0.25, 0.3) is 5.91 Å². The molecule has 1 aromatic carbocycles. The van der Waals surface area contributed by atoms with Crippen molar-refractivity contribution in [3.63, 3.8) is 0 Å². The second-order valence-corrected chi connectivity index (χ2v) is 5.35. The molecule has 0 radical (unpaired) electrons. The Kier molecular flexibility index (Phi) is 3.84. The van der Waals surface area contributed by atoms with Crippen LogP contribution in [0.15, 0.2) is 16.6 Å². The number of urea groups is 1. The second-order valence-electron chi connectivity index (χ2n) is 4.50. The van der Waals surface area contributed by atoms with E-state index < -0.39 is 12.2 Å². The Labute approximate surface area is 128 Å². The van der Waals surface area contributed by atoms with Crippen LogP contribution in [-0.2, 0) is 11.3 Å². The van der Waals surface area contributed by atoms with Crippen LogP contribution < -0.4 is 31.0 Å². The number of halogens is 1. The minimum absolute atomic E-state index is 0.308. The number of amides is 3. The van der Waals surface area contributed by atoms with E-state index >= 15 is 0 Å². The van der Waals surface area contributed by atoms with Gasteiger partial charge in [-0.2, -0.15) is 0 Å². The number of carbonyl (C=O) groups is 2. The maximum atomic E-state index is 11.8. The van der Waals surface area contributed by atoms with Crippen molar-refractivity contribution in [1.82, 2.24) is 21.5 Å². The lowest BCUT2D eigenvalue weighted by Gasteiger charge is -2.20.